The fourth-order valence-corrected chi connectivity index (χ4v) is 5.36. The highest BCUT2D eigenvalue weighted by molar-refractivity contribution is 8.00. The summed E-state index contributed by atoms with van der Waals surface area (Å²) in [5, 5.41) is 18.1. The van der Waals surface area contributed by atoms with Crippen molar-refractivity contribution in [1.29, 1.82) is 0 Å². The van der Waals surface area contributed by atoms with Crippen LogP contribution in [0.3, 0.4) is 0 Å². The van der Waals surface area contributed by atoms with Crippen LogP contribution in [0.15, 0.2) is 21.8 Å². The van der Waals surface area contributed by atoms with Crippen LogP contribution in [0.1, 0.15) is 26.5 Å². The molecular weight excluding hydrogens is 584 g/mol. The number of alkyl carbamates (subject to hydrolysis) is 1. The molecule has 3 rings (SSSR count). The van der Waals surface area contributed by atoms with E-state index in [1.54, 1.807) is 20.8 Å². The van der Waals surface area contributed by atoms with Crippen LogP contribution < -0.4 is 16.4 Å². The number of nitrogens with one attached hydrogen (secondary N) is 2. The van der Waals surface area contributed by atoms with Crippen molar-refractivity contribution in [3.63, 3.8) is 0 Å². The van der Waals surface area contributed by atoms with E-state index in [2.05, 4.69) is 20.8 Å². The average Bonchev–Trinajstić information content (AvgIpc) is 3.35. The lowest BCUT2D eigenvalue weighted by Crippen LogP contribution is -2.71. The number of β-lactam (4-membered cyclic amide) rings is 1. The van der Waals surface area contributed by atoms with Crippen LogP contribution in [0.4, 0.5) is 9.93 Å². The molecule has 41 heavy (non-hydrogen) atoms. The van der Waals surface area contributed by atoms with Crippen LogP contribution in [0.2, 0.25) is 0 Å². The maximum atomic E-state index is 13.2. The number of anilines is 1. The van der Waals surface area contributed by atoms with Gasteiger partial charge in [-0.3, -0.25) is 19.3 Å². The fraction of sp³-hybridized carbons (Fsp3) is 0.522. The minimum absolute atomic E-state index is 0.0182. The van der Waals surface area contributed by atoms with Gasteiger partial charge in [0.1, 0.15) is 29.4 Å². The molecule has 1 aromatic rings. The van der Waals surface area contributed by atoms with E-state index in [0.717, 1.165) is 16.2 Å². The van der Waals surface area contributed by atoms with Gasteiger partial charge in [0.25, 0.3) is 11.8 Å². The predicted molar refractivity (Wildman–Crippen MR) is 145 cm³/mol. The first-order valence-corrected chi connectivity index (χ1v) is 14.0. The van der Waals surface area contributed by atoms with E-state index in [-0.39, 0.29) is 47.6 Å². The minimum Gasteiger partial charge on any atom is -0.445 e. The quantitative estimate of drug-likeness (QED) is 0.0492. The number of thiazole rings is 1. The molecule has 2 aliphatic heterocycles. The fourth-order valence-electron chi connectivity index (χ4n) is 3.48. The second-order valence-corrected chi connectivity index (χ2v) is 11.6. The Labute approximate surface area is 242 Å². The number of nitrogen functional groups attached to an aromatic ring is 1. The van der Waals surface area contributed by atoms with Gasteiger partial charge in [-0.25, -0.2) is 14.6 Å². The number of thioether (sulfide) groups is 1. The molecule has 18 heteroatoms. The number of amides is 3. The number of carbonyl (C=O) groups excluding carboxylic acids is 5. The summed E-state index contributed by atoms with van der Waals surface area (Å²) >= 11 is 2.22. The van der Waals surface area contributed by atoms with Crippen LogP contribution in [0.25, 0.3) is 0 Å². The van der Waals surface area contributed by atoms with Gasteiger partial charge in [-0.1, -0.05) is 5.16 Å². The lowest BCUT2D eigenvalue weighted by Gasteiger charge is -2.49. The molecule has 0 spiro atoms. The Balaban J connectivity index is 1.75. The summed E-state index contributed by atoms with van der Waals surface area (Å²) in [4.78, 5) is 68.1. The molecule has 16 nitrogen and oxygen atoms in total. The first kappa shape index (κ1) is 31.6. The van der Waals surface area contributed by atoms with Crippen LogP contribution in [-0.2, 0) is 38.1 Å². The molecule has 0 saturated carbocycles. The van der Waals surface area contributed by atoms with Gasteiger partial charge >= 0.3 is 18.0 Å². The first-order chi connectivity index (χ1) is 19.4. The molecule has 2 aliphatic rings. The summed E-state index contributed by atoms with van der Waals surface area (Å²) in [7, 11) is 1.47. The van der Waals surface area contributed by atoms with Crippen LogP contribution >= 0.6 is 23.1 Å². The molecule has 0 aromatic carbocycles. The molecule has 0 bridgehead atoms. The van der Waals surface area contributed by atoms with Crippen LogP contribution in [-0.4, -0.2) is 101 Å². The molecular formula is C23H30N6O10S2. The molecule has 1 unspecified atom stereocenters. The van der Waals surface area contributed by atoms with E-state index in [9.17, 15) is 29.2 Å². The highest BCUT2D eigenvalue weighted by Crippen LogP contribution is 2.40. The lowest BCUT2D eigenvalue weighted by molar-refractivity contribution is -0.173. The van der Waals surface area contributed by atoms with E-state index in [4.69, 9.17) is 24.7 Å². The van der Waals surface area contributed by atoms with Crippen LogP contribution in [0.5, 0.6) is 0 Å². The number of hydrogen-bond acceptors (Lipinski definition) is 15. The molecule has 5 N–H and O–H groups in total. The zero-order valence-corrected chi connectivity index (χ0v) is 24.3. The van der Waals surface area contributed by atoms with Gasteiger partial charge in [0, 0.05) is 30.4 Å². The van der Waals surface area contributed by atoms with E-state index in [0.29, 0.717) is 0 Å². The van der Waals surface area contributed by atoms with Crippen molar-refractivity contribution in [2.24, 2.45) is 10.6 Å². The Morgan fingerprint density at radius 3 is 2.59 bits per heavy atom. The molecule has 3 heterocycles. The Kier molecular flexibility index (Phi) is 10.5. The Morgan fingerprint density at radius 1 is 1.24 bits per heavy atom. The second-order valence-electron chi connectivity index (χ2n) is 9.56. The number of oxime groups is 1. The van der Waals surface area contributed by atoms with Crippen molar-refractivity contribution < 1.29 is 48.1 Å². The van der Waals surface area contributed by atoms with Gasteiger partial charge in [0.15, 0.2) is 10.8 Å². The molecule has 2 atom stereocenters. The number of nitrogens with two attached hydrogens (primary N) is 1. The van der Waals surface area contributed by atoms with E-state index in [1.165, 1.54) is 24.3 Å². The number of nitrogens with zero attached hydrogens (tertiary/aromatic N) is 3. The standard InChI is InChI=1S/C23H30N6O10S2/c1-23(2,3)20(33)39-10-38-19(32)15-11(7-37-22(34)25-5-6-36-4)8-40-18-14(17(31)29(15)18)27-16(30)13(28-35)12-9-41-21(24)26-12/h9,14,18,35H,5-8,10H2,1-4H3,(H2,24,26)(H,25,34)(H,27,30)/b28-13-/t14?,18-/m0/s1. The molecule has 0 aliphatic carbocycles. The third kappa shape index (κ3) is 7.65. The topological polar surface area (TPSA) is 221 Å². The molecule has 224 valence electrons. The molecule has 1 aromatic heterocycles. The molecule has 0 radical (unpaired) electrons. The largest absolute Gasteiger partial charge is 0.445 e. The van der Waals surface area contributed by atoms with Gasteiger partial charge in [-0.15, -0.1) is 23.1 Å². The van der Waals surface area contributed by atoms with Crippen molar-refractivity contribution in [2.75, 3.05) is 45.1 Å². The monoisotopic (exact) mass is 614 g/mol. The number of hydrogen-bond donors (Lipinski definition) is 4. The van der Waals surface area contributed by atoms with E-state index >= 15 is 0 Å². The number of rotatable bonds is 11. The number of ether oxygens (including phenoxy) is 4. The predicted octanol–water partition coefficient (Wildman–Crippen LogP) is 0.0202. The highest BCUT2D eigenvalue weighted by Gasteiger charge is 2.55. The third-order valence-electron chi connectivity index (χ3n) is 5.55. The molecule has 1 saturated heterocycles. The van der Waals surface area contributed by atoms with Gasteiger partial charge < -0.3 is 40.5 Å². The zero-order chi connectivity index (χ0) is 30.3. The molecule has 3 amide bonds. The van der Waals surface area contributed by atoms with Crippen molar-refractivity contribution in [3.8, 4) is 0 Å². The van der Waals surface area contributed by atoms with Gasteiger partial charge in [0.05, 0.1) is 12.0 Å². The van der Waals surface area contributed by atoms with Crippen molar-refractivity contribution in [2.45, 2.75) is 32.2 Å². The summed E-state index contributed by atoms with van der Waals surface area (Å²) in [6, 6.07) is -1.10. The smallest absolute Gasteiger partial charge is 0.407 e. The maximum absolute atomic E-state index is 13.2. The Bertz CT molecular complexity index is 1260. The van der Waals surface area contributed by atoms with Gasteiger partial charge in [-0.2, -0.15) is 0 Å². The van der Waals surface area contributed by atoms with Crippen LogP contribution in [0, 0.1) is 5.41 Å². The Hall–Kier alpha value is -3.90. The van der Waals surface area contributed by atoms with Crippen molar-refractivity contribution in [3.05, 3.63) is 22.3 Å². The van der Waals surface area contributed by atoms with Crippen molar-refractivity contribution >= 4 is 63.8 Å². The Morgan fingerprint density at radius 2 is 1.98 bits per heavy atom. The summed E-state index contributed by atoms with van der Waals surface area (Å²) in [5.74, 6) is -3.04. The zero-order valence-electron chi connectivity index (χ0n) is 22.6. The van der Waals surface area contributed by atoms with E-state index in [1.807, 2.05) is 0 Å². The maximum Gasteiger partial charge on any atom is 0.407 e. The summed E-state index contributed by atoms with van der Waals surface area (Å²) < 4.78 is 20.2. The highest BCUT2D eigenvalue weighted by atomic mass is 32.2. The minimum atomic E-state index is -1.10. The SMILES string of the molecule is COCCNC(=O)OCC1=C(C(=O)OCOC(=O)C(C)(C)C)N2C(=O)C(NC(=O)/C(=N\O)c3csc(N)n3)[C@@H]2SC1. The summed E-state index contributed by atoms with van der Waals surface area (Å²) in [6.45, 7) is 4.26. The number of esters is 2. The first-order valence-electron chi connectivity index (χ1n) is 12.0. The number of methoxy groups -OCH3 is 1. The van der Waals surface area contributed by atoms with E-state index < -0.39 is 59.2 Å². The lowest BCUT2D eigenvalue weighted by atomic mass is 9.98. The third-order valence-corrected chi connectivity index (χ3v) is 7.57. The normalized spacial score (nSPS) is 18.7. The second kappa shape index (κ2) is 13.6. The summed E-state index contributed by atoms with van der Waals surface area (Å²) in [6.07, 6.45) is -0.771. The number of aromatic nitrogens is 1. The van der Waals surface area contributed by atoms with Crippen molar-refractivity contribution in [1.82, 2.24) is 20.5 Å². The summed E-state index contributed by atoms with van der Waals surface area (Å²) in [5.41, 5.74) is 4.36. The van der Waals surface area contributed by atoms with Gasteiger partial charge in [-0.05, 0) is 20.8 Å². The average molecular weight is 615 g/mol. The number of fused-ring (bicyclic) bond motifs is 1. The van der Waals surface area contributed by atoms with Gasteiger partial charge in [0.2, 0.25) is 6.79 Å². The molecule has 1 fully saturated rings. The number of carbonyl (C=O) groups is 5.